The summed E-state index contributed by atoms with van der Waals surface area (Å²) in [4.78, 5) is 23.9. The van der Waals surface area contributed by atoms with Crippen LogP contribution in [0.25, 0.3) is 10.2 Å². The standard InChI is InChI=1S/C20H23N3O2S/c1-23(11-12-25-14-7-3-2-4-8-14)13-17-21-19(24)18-15-9-5-6-10-16(15)26-20(18)22-17/h2-4,7-8H,5-6,9-13H2,1H3,(H,21,22,24)/p+1. The van der Waals surface area contributed by atoms with E-state index in [0.29, 0.717) is 13.2 Å². The van der Waals surface area contributed by atoms with Gasteiger partial charge in [0.2, 0.25) is 0 Å². The number of thiophene rings is 1. The summed E-state index contributed by atoms with van der Waals surface area (Å²) < 4.78 is 5.75. The molecule has 0 amide bonds. The van der Waals surface area contributed by atoms with E-state index in [1.54, 1.807) is 11.3 Å². The van der Waals surface area contributed by atoms with E-state index in [1.807, 2.05) is 30.3 Å². The number of rotatable bonds is 6. The second-order valence-electron chi connectivity index (χ2n) is 6.95. The molecule has 1 aliphatic rings. The number of quaternary nitrogens is 1. The Balaban J connectivity index is 1.43. The van der Waals surface area contributed by atoms with Gasteiger partial charge in [-0.1, -0.05) is 18.2 Å². The Morgan fingerprint density at radius 1 is 1.23 bits per heavy atom. The van der Waals surface area contributed by atoms with Crippen molar-refractivity contribution in [3.05, 3.63) is 57.0 Å². The van der Waals surface area contributed by atoms with E-state index in [4.69, 9.17) is 9.72 Å². The molecule has 2 N–H and O–H groups in total. The fraction of sp³-hybridized carbons (Fsp3) is 0.400. The van der Waals surface area contributed by atoms with Gasteiger partial charge in [-0.2, -0.15) is 0 Å². The number of H-pyrrole nitrogens is 1. The Morgan fingerprint density at radius 2 is 2.04 bits per heavy atom. The summed E-state index contributed by atoms with van der Waals surface area (Å²) in [5, 5.41) is 0.832. The second kappa shape index (κ2) is 7.60. The summed E-state index contributed by atoms with van der Waals surface area (Å²) in [6.45, 7) is 2.17. The summed E-state index contributed by atoms with van der Waals surface area (Å²) in [5.74, 6) is 1.65. The summed E-state index contributed by atoms with van der Waals surface area (Å²) in [7, 11) is 2.10. The van der Waals surface area contributed by atoms with Crippen LogP contribution in [0.3, 0.4) is 0 Å². The predicted molar refractivity (Wildman–Crippen MR) is 104 cm³/mol. The van der Waals surface area contributed by atoms with Gasteiger partial charge < -0.3 is 14.6 Å². The van der Waals surface area contributed by atoms with Crippen molar-refractivity contribution in [2.75, 3.05) is 20.2 Å². The van der Waals surface area contributed by atoms with Gasteiger partial charge >= 0.3 is 0 Å². The Hall–Kier alpha value is -2.18. The number of aromatic nitrogens is 2. The largest absolute Gasteiger partial charge is 0.488 e. The van der Waals surface area contributed by atoms with Gasteiger partial charge in [-0.15, -0.1) is 11.3 Å². The van der Waals surface area contributed by atoms with Gasteiger partial charge in [0, 0.05) is 4.88 Å². The van der Waals surface area contributed by atoms with Crippen LogP contribution in [0.5, 0.6) is 5.75 Å². The van der Waals surface area contributed by atoms with Gasteiger partial charge in [0.25, 0.3) is 5.56 Å². The quantitative estimate of drug-likeness (QED) is 0.697. The van der Waals surface area contributed by atoms with Crippen molar-refractivity contribution < 1.29 is 9.64 Å². The molecule has 3 aromatic rings. The number of para-hydroxylation sites is 1. The molecule has 1 aliphatic carbocycles. The predicted octanol–water partition coefficient (Wildman–Crippen LogP) is 1.96. The first-order chi connectivity index (χ1) is 12.7. The molecule has 0 bridgehead atoms. The number of aryl methyl sites for hydroxylation is 2. The maximum Gasteiger partial charge on any atom is 0.260 e. The first-order valence-corrected chi connectivity index (χ1v) is 10.0. The van der Waals surface area contributed by atoms with Gasteiger partial charge in [0.1, 0.15) is 30.3 Å². The minimum Gasteiger partial charge on any atom is -0.488 e. The van der Waals surface area contributed by atoms with E-state index in [1.165, 1.54) is 28.2 Å². The molecule has 2 heterocycles. The van der Waals surface area contributed by atoms with Crippen LogP contribution in [0, 0.1) is 0 Å². The molecule has 0 saturated heterocycles. The van der Waals surface area contributed by atoms with E-state index >= 15 is 0 Å². The van der Waals surface area contributed by atoms with Crippen LogP contribution in [-0.2, 0) is 19.4 Å². The molecule has 0 aliphatic heterocycles. The van der Waals surface area contributed by atoms with Crippen molar-refractivity contribution in [2.45, 2.75) is 32.2 Å². The molecule has 5 nitrogen and oxygen atoms in total. The minimum absolute atomic E-state index is 0.0257. The van der Waals surface area contributed by atoms with E-state index in [2.05, 4.69) is 12.0 Å². The van der Waals surface area contributed by atoms with E-state index in [-0.39, 0.29) is 5.56 Å². The van der Waals surface area contributed by atoms with Gasteiger partial charge in [-0.05, 0) is 43.4 Å². The number of nitrogens with zero attached hydrogens (tertiary/aromatic N) is 1. The number of likely N-dealkylation sites (N-methyl/N-ethyl adjacent to an activating group) is 1. The van der Waals surface area contributed by atoms with Gasteiger partial charge in [-0.25, -0.2) is 4.98 Å². The molecule has 4 rings (SSSR count). The van der Waals surface area contributed by atoms with Gasteiger partial charge in [0.15, 0.2) is 5.82 Å². The molecule has 0 fully saturated rings. The smallest absolute Gasteiger partial charge is 0.260 e. The lowest BCUT2D eigenvalue weighted by atomic mass is 9.97. The molecule has 1 aromatic carbocycles. The van der Waals surface area contributed by atoms with Crippen molar-refractivity contribution in [2.24, 2.45) is 0 Å². The Labute approximate surface area is 156 Å². The summed E-state index contributed by atoms with van der Waals surface area (Å²) >= 11 is 1.71. The SMILES string of the molecule is C[NH+](CCOc1ccccc1)Cc1nc2sc3c(c2c(=O)[nH]1)CCCC3. The first kappa shape index (κ1) is 17.2. The monoisotopic (exact) mass is 370 g/mol. The highest BCUT2D eigenvalue weighted by molar-refractivity contribution is 7.18. The zero-order chi connectivity index (χ0) is 17.9. The Bertz CT molecular complexity index is 949. The van der Waals surface area contributed by atoms with Crippen molar-refractivity contribution in [1.29, 1.82) is 0 Å². The van der Waals surface area contributed by atoms with E-state index < -0.39 is 0 Å². The maximum atomic E-state index is 12.6. The van der Waals surface area contributed by atoms with Gasteiger partial charge in [0.05, 0.1) is 12.4 Å². The zero-order valence-corrected chi connectivity index (χ0v) is 15.8. The average Bonchev–Trinajstić information content (AvgIpc) is 3.01. The molecule has 0 saturated carbocycles. The number of aromatic amines is 1. The molecule has 0 radical (unpaired) electrons. The van der Waals surface area contributed by atoms with Crippen molar-refractivity contribution in [3.8, 4) is 5.75 Å². The van der Waals surface area contributed by atoms with Crippen LogP contribution >= 0.6 is 11.3 Å². The Morgan fingerprint density at radius 3 is 2.88 bits per heavy atom. The van der Waals surface area contributed by atoms with E-state index in [9.17, 15) is 4.79 Å². The maximum absolute atomic E-state index is 12.6. The molecule has 26 heavy (non-hydrogen) atoms. The average molecular weight is 370 g/mol. The minimum atomic E-state index is 0.0257. The van der Waals surface area contributed by atoms with Crippen molar-refractivity contribution in [3.63, 3.8) is 0 Å². The highest BCUT2D eigenvalue weighted by Gasteiger charge is 2.20. The summed E-state index contributed by atoms with van der Waals surface area (Å²) in [6, 6.07) is 9.83. The molecule has 1 atom stereocenters. The van der Waals surface area contributed by atoms with Crippen LogP contribution in [-0.4, -0.2) is 30.2 Å². The van der Waals surface area contributed by atoms with Crippen molar-refractivity contribution in [1.82, 2.24) is 9.97 Å². The fourth-order valence-electron chi connectivity index (χ4n) is 3.53. The van der Waals surface area contributed by atoms with Crippen LogP contribution in [0.4, 0.5) is 0 Å². The number of fused-ring (bicyclic) bond motifs is 3. The molecule has 0 spiro atoms. The lowest BCUT2D eigenvalue weighted by molar-refractivity contribution is -0.894. The molecule has 1 unspecified atom stereocenters. The van der Waals surface area contributed by atoms with Crippen LogP contribution < -0.4 is 15.2 Å². The van der Waals surface area contributed by atoms with E-state index in [0.717, 1.165) is 41.2 Å². The topological polar surface area (TPSA) is 59.4 Å². The fourth-order valence-corrected chi connectivity index (χ4v) is 4.81. The summed E-state index contributed by atoms with van der Waals surface area (Å²) in [5.41, 5.74) is 1.27. The number of benzene rings is 1. The number of ether oxygens (including phenoxy) is 1. The molecule has 136 valence electrons. The van der Waals surface area contributed by atoms with Crippen LogP contribution in [0.15, 0.2) is 35.1 Å². The second-order valence-corrected chi connectivity index (χ2v) is 8.03. The highest BCUT2D eigenvalue weighted by atomic mass is 32.1. The zero-order valence-electron chi connectivity index (χ0n) is 15.0. The highest BCUT2D eigenvalue weighted by Crippen LogP contribution is 2.33. The number of nitrogens with one attached hydrogen (secondary N) is 2. The normalized spacial score (nSPS) is 15.0. The molecule has 2 aromatic heterocycles. The van der Waals surface area contributed by atoms with Gasteiger partial charge in [-0.3, -0.25) is 4.79 Å². The first-order valence-electron chi connectivity index (χ1n) is 9.23. The third-order valence-corrected chi connectivity index (χ3v) is 6.07. The molecular formula is C20H24N3O2S+. The van der Waals surface area contributed by atoms with Crippen LogP contribution in [0.1, 0.15) is 29.1 Å². The third-order valence-electron chi connectivity index (χ3n) is 4.88. The lowest BCUT2D eigenvalue weighted by Gasteiger charge is -2.14. The molecule has 6 heteroatoms. The number of hydrogen-bond acceptors (Lipinski definition) is 4. The molecular weight excluding hydrogens is 346 g/mol. The Kier molecular flexibility index (Phi) is 5.04. The third kappa shape index (κ3) is 3.66. The lowest BCUT2D eigenvalue weighted by Crippen LogP contribution is -3.08. The summed E-state index contributed by atoms with van der Waals surface area (Å²) in [6.07, 6.45) is 4.50. The number of hydrogen-bond donors (Lipinski definition) is 2. The van der Waals surface area contributed by atoms with Crippen LogP contribution in [0.2, 0.25) is 0 Å². The van der Waals surface area contributed by atoms with Crippen molar-refractivity contribution >= 4 is 21.6 Å².